The number of hydrogen-bond donors (Lipinski definition) is 3. The Morgan fingerprint density at radius 3 is 2.19 bits per heavy atom. The summed E-state index contributed by atoms with van der Waals surface area (Å²) in [5, 5.41) is 15.0. The fourth-order valence-corrected chi connectivity index (χ4v) is 6.26. The Morgan fingerprint density at radius 1 is 0.830 bits per heavy atom. The van der Waals surface area contributed by atoms with Crippen molar-refractivity contribution in [3.05, 3.63) is 77.9 Å². The molecule has 0 radical (unpaired) electrons. The summed E-state index contributed by atoms with van der Waals surface area (Å²) in [6.07, 6.45) is 7.64. The van der Waals surface area contributed by atoms with Gasteiger partial charge in [0, 0.05) is 11.6 Å². The van der Waals surface area contributed by atoms with E-state index < -0.39 is 5.97 Å². The van der Waals surface area contributed by atoms with Crippen LogP contribution in [0.5, 0.6) is 17.2 Å². The molecule has 252 valence electrons. The van der Waals surface area contributed by atoms with Crippen molar-refractivity contribution in [2.75, 3.05) is 23.8 Å². The number of rotatable bonds is 16. The van der Waals surface area contributed by atoms with E-state index in [9.17, 15) is 19.5 Å². The smallest absolute Gasteiger partial charge is 0.335 e. The molecule has 3 unspecified atom stereocenters. The second kappa shape index (κ2) is 17.5. The molecule has 3 atom stereocenters. The third-order valence-electron chi connectivity index (χ3n) is 8.67. The zero-order chi connectivity index (χ0) is 33.8. The topological polar surface area (TPSA) is 123 Å². The van der Waals surface area contributed by atoms with E-state index in [1.807, 2.05) is 0 Å². The highest BCUT2D eigenvalue weighted by molar-refractivity contribution is 6.07. The highest BCUT2D eigenvalue weighted by Crippen LogP contribution is 2.37. The zero-order valence-corrected chi connectivity index (χ0v) is 27.9. The van der Waals surface area contributed by atoms with E-state index in [0.717, 1.165) is 25.7 Å². The van der Waals surface area contributed by atoms with Crippen LogP contribution in [-0.4, -0.2) is 42.2 Å². The van der Waals surface area contributed by atoms with Gasteiger partial charge in [0.2, 0.25) is 5.91 Å². The molecule has 3 aromatic rings. The molecule has 1 aliphatic carbocycles. The fourth-order valence-electron chi connectivity index (χ4n) is 6.26. The Hall–Kier alpha value is -4.37. The number of carboxylic acids is 1. The van der Waals surface area contributed by atoms with Crippen LogP contribution in [0.15, 0.2) is 66.7 Å². The molecule has 9 heteroatoms. The molecular weight excluding hydrogens is 596 g/mol. The van der Waals surface area contributed by atoms with Crippen molar-refractivity contribution in [3.8, 4) is 17.2 Å². The number of benzene rings is 3. The minimum absolute atomic E-state index is 0.00964. The lowest BCUT2D eigenvalue weighted by molar-refractivity contribution is -0.126. The van der Waals surface area contributed by atoms with E-state index in [4.69, 9.17) is 14.2 Å². The lowest BCUT2D eigenvalue weighted by Crippen LogP contribution is -2.38. The van der Waals surface area contributed by atoms with Crippen molar-refractivity contribution in [3.63, 3.8) is 0 Å². The summed E-state index contributed by atoms with van der Waals surface area (Å²) in [5.41, 5.74) is 1.31. The van der Waals surface area contributed by atoms with Crippen LogP contribution in [0.3, 0.4) is 0 Å². The predicted molar refractivity (Wildman–Crippen MR) is 184 cm³/mol. The zero-order valence-electron chi connectivity index (χ0n) is 27.9. The number of carbonyl (C=O) groups excluding carboxylic acids is 2. The Balaban J connectivity index is 1.46. The number of amides is 2. The summed E-state index contributed by atoms with van der Waals surface area (Å²) in [4.78, 5) is 37.7. The summed E-state index contributed by atoms with van der Waals surface area (Å²) in [5.74, 6) is 1.16. The number of ether oxygens (including phenoxy) is 3. The van der Waals surface area contributed by atoms with Gasteiger partial charge in [-0.15, -0.1) is 0 Å². The molecule has 4 rings (SSSR count). The SMILES string of the molecule is CCCCCCOc1ccc(C(=O)Nc2ccc(Oc3ccc(C(=O)O)cc3)cc2NC(=O)COC2CCCC(C)C2C(C)C)cc1. The van der Waals surface area contributed by atoms with Crippen molar-refractivity contribution in [2.24, 2.45) is 17.8 Å². The van der Waals surface area contributed by atoms with Gasteiger partial charge in [0.15, 0.2) is 0 Å². The minimum atomic E-state index is -1.03. The number of carbonyl (C=O) groups is 3. The van der Waals surface area contributed by atoms with Gasteiger partial charge in [-0.2, -0.15) is 0 Å². The van der Waals surface area contributed by atoms with Crippen LogP contribution in [-0.2, 0) is 9.53 Å². The molecule has 2 amide bonds. The maximum absolute atomic E-state index is 13.3. The Morgan fingerprint density at radius 2 is 1.51 bits per heavy atom. The standard InChI is InChI=1S/C38H48N2O7/c1-5-6-7-8-22-45-29-16-12-27(13-17-29)37(42)40-32-21-20-31(47-30-18-14-28(15-19-30)38(43)44)23-33(32)39-35(41)24-46-34-11-9-10-26(4)36(34)25(2)3/h12-21,23,25-26,34,36H,5-11,22,24H2,1-4H3,(H,39,41)(H,40,42)(H,43,44). The molecule has 3 aromatic carbocycles. The summed E-state index contributed by atoms with van der Waals surface area (Å²) in [7, 11) is 0. The molecule has 0 aliphatic heterocycles. The van der Waals surface area contributed by atoms with Crippen molar-refractivity contribution < 1.29 is 33.7 Å². The van der Waals surface area contributed by atoms with Gasteiger partial charge in [-0.25, -0.2) is 4.79 Å². The molecular formula is C38H48N2O7. The van der Waals surface area contributed by atoms with Gasteiger partial charge in [0.25, 0.3) is 5.91 Å². The molecule has 0 aromatic heterocycles. The summed E-state index contributed by atoms with van der Waals surface area (Å²) in [6, 6.07) is 17.9. The van der Waals surface area contributed by atoms with Crippen LogP contribution in [0.1, 0.15) is 93.4 Å². The second-order valence-corrected chi connectivity index (χ2v) is 12.7. The summed E-state index contributed by atoms with van der Waals surface area (Å²) < 4.78 is 17.9. The van der Waals surface area contributed by atoms with Crippen LogP contribution in [0.2, 0.25) is 0 Å². The Labute approximate surface area is 278 Å². The Bertz CT molecular complexity index is 1470. The molecule has 3 N–H and O–H groups in total. The summed E-state index contributed by atoms with van der Waals surface area (Å²) >= 11 is 0. The first-order valence-electron chi connectivity index (χ1n) is 16.8. The van der Waals surface area contributed by atoms with E-state index in [2.05, 4.69) is 38.3 Å². The normalized spacial score (nSPS) is 17.6. The first kappa shape index (κ1) is 35.5. The van der Waals surface area contributed by atoms with Gasteiger partial charge in [-0.3, -0.25) is 9.59 Å². The number of nitrogens with one attached hydrogen (secondary N) is 2. The molecule has 0 bridgehead atoms. The van der Waals surface area contributed by atoms with Crippen molar-refractivity contribution in [1.29, 1.82) is 0 Å². The van der Waals surface area contributed by atoms with Crippen molar-refractivity contribution >= 4 is 29.2 Å². The van der Waals surface area contributed by atoms with Crippen molar-refractivity contribution in [1.82, 2.24) is 0 Å². The highest BCUT2D eigenvalue weighted by Gasteiger charge is 2.33. The number of carboxylic acid groups (broad SMARTS) is 1. The first-order chi connectivity index (χ1) is 22.6. The lowest BCUT2D eigenvalue weighted by Gasteiger charge is -2.38. The van der Waals surface area contributed by atoms with E-state index in [-0.39, 0.29) is 30.1 Å². The predicted octanol–water partition coefficient (Wildman–Crippen LogP) is 8.80. The Kier molecular flexibility index (Phi) is 13.2. The van der Waals surface area contributed by atoms with Crippen LogP contribution >= 0.6 is 0 Å². The van der Waals surface area contributed by atoms with E-state index in [1.165, 1.54) is 31.4 Å². The first-order valence-corrected chi connectivity index (χ1v) is 16.8. The fraction of sp³-hybridized carbons (Fsp3) is 0.447. The average molecular weight is 645 g/mol. The lowest BCUT2D eigenvalue weighted by atomic mass is 9.72. The molecule has 0 spiro atoms. The number of unbranched alkanes of at least 4 members (excludes halogenated alkanes) is 3. The van der Waals surface area contributed by atoms with Crippen LogP contribution in [0, 0.1) is 17.8 Å². The van der Waals surface area contributed by atoms with Gasteiger partial charge < -0.3 is 30.0 Å². The van der Waals surface area contributed by atoms with Gasteiger partial charge in [-0.05, 0) is 91.3 Å². The van der Waals surface area contributed by atoms with Gasteiger partial charge >= 0.3 is 5.97 Å². The van der Waals surface area contributed by atoms with Gasteiger partial charge in [-0.1, -0.05) is 59.8 Å². The van der Waals surface area contributed by atoms with Crippen LogP contribution in [0.25, 0.3) is 0 Å². The van der Waals surface area contributed by atoms with E-state index >= 15 is 0 Å². The molecule has 9 nitrogen and oxygen atoms in total. The van der Waals surface area contributed by atoms with Gasteiger partial charge in [0.05, 0.1) is 29.6 Å². The third kappa shape index (κ3) is 10.6. The quantitative estimate of drug-likeness (QED) is 0.133. The maximum atomic E-state index is 13.3. The maximum Gasteiger partial charge on any atom is 0.335 e. The third-order valence-corrected chi connectivity index (χ3v) is 8.67. The monoisotopic (exact) mass is 644 g/mol. The van der Waals surface area contributed by atoms with E-state index in [0.29, 0.717) is 58.5 Å². The van der Waals surface area contributed by atoms with Crippen molar-refractivity contribution in [2.45, 2.75) is 78.7 Å². The molecule has 0 heterocycles. The molecule has 0 saturated heterocycles. The highest BCUT2D eigenvalue weighted by atomic mass is 16.5. The number of hydrogen-bond acceptors (Lipinski definition) is 6. The molecule has 1 saturated carbocycles. The van der Waals surface area contributed by atoms with Gasteiger partial charge in [0.1, 0.15) is 23.9 Å². The second-order valence-electron chi connectivity index (χ2n) is 12.7. The molecule has 1 fully saturated rings. The minimum Gasteiger partial charge on any atom is -0.494 e. The number of aromatic carboxylic acids is 1. The molecule has 1 aliphatic rings. The molecule has 47 heavy (non-hydrogen) atoms. The van der Waals surface area contributed by atoms with Crippen LogP contribution < -0.4 is 20.1 Å². The average Bonchev–Trinajstić information content (AvgIpc) is 3.05. The summed E-state index contributed by atoms with van der Waals surface area (Å²) in [6.45, 7) is 9.35. The van der Waals surface area contributed by atoms with E-state index in [1.54, 1.807) is 54.6 Å². The largest absolute Gasteiger partial charge is 0.494 e. The number of anilines is 2. The van der Waals surface area contributed by atoms with Crippen LogP contribution in [0.4, 0.5) is 11.4 Å².